The van der Waals surface area contributed by atoms with Crippen LogP contribution in [0.25, 0.3) is 0 Å². The van der Waals surface area contributed by atoms with Gasteiger partial charge in [0.05, 0.1) is 0 Å². The fraction of sp³-hybridized carbons (Fsp3) is 0.444. The fourth-order valence-electron chi connectivity index (χ4n) is 1.76. The number of hydrogen-bond donors (Lipinski definition) is 1. The predicted molar refractivity (Wildman–Crippen MR) is 55.0 cm³/mol. The minimum Gasteiger partial charge on any atom is -0.480 e. The van der Waals surface area contributed by atoms with Crippen LogP contribution in [-0.4, -0.2) is 33.9 Å². The summed E-state index contributed by atoms with van der Waals surface area (Å²) in [6.07, 6.45) is 1.51. The van der Waals surface area contributed by atoms with E-state index >= 15 is 0 Å². The summed E-state index contributed by atoms with van der Waals surface area (Å²) in [5, 5.41) is 16.9. The summed E-state index contributed by atoms with van der Waals surface area (Å²) in [7, 11) is 0. The second-order valence-corrected chi connectivity index (χ2v) is 3.79. The number of halogens is 1. The van der Waals surface area contributed by atoms with Crippen LogP contribution < -0.4 is 4.90 Å². The zero-order valence-corrected chi connectivity index (χ0v) is 8.68. The fourth-order valence-corrected chi connectivity index (χ4v) is 1.86. The molecule has 1 fully saturated rings. The van der Waals surface area contributed by atoms with Crippen LogP contribution in [0.15, 0.2) is 12.1 Å². The number of anilines is 1. The Bertz CT molecular complexity index is 368. The van der Waals surface area contributed by atoms with Crippen LogP contribution in [0, 0.1) is 0 Å². The van der Waals surface area contributed by atoms with E-state index in [1.807, 2.05) is 0 Å². The largest absolute Gasteiger partial charge is 0.480 e. The molecule has 0 bridgehead atoms. The molecule has 1 aromatic rings. The van der Waals surface area contributed by atoms with Crippen molar-refractivity contribution in [2.45, 2.75) is 18.9 Å². The van der Waals surface area contributed by atoms with Crippen molar-refractivity contribution in [1.82, 2.24) is 10.2 Å². The number of aromatic nitrogens is 2. The molecule has 1 aliphatic heterocycles. The van der Waals surface area contributed by atoms with Gasteiger partial charge in [-0.1, -0.05) is 11.6 Å². The topological polar surface area (TPSA) is 66.3 Å². The first-order valence-corrected chi connectivity index (χ1v) is 5.05. The lowest BCUT2D eigenvalue weighted by Crippen LogP contribution is -2.36. The van der Waals surface area contributed by atoms with Gasteiger partial charge in [0.1, 0.15) is 6.04 Å². The maximum absolute atomic E-state index is 10.9. The Morgan fingerprint density at radius 1 is 1.53 bits per heavy atom. The maximum atomic E-state index is 10.9. The number of carboxylic acid groups (broad SMARTS) is 1. The minimum atomic E-state index is -0.816. The lowest BCUT2D eigenvalue weighted by atomic mass is 10.2. The molecule has 1 aromatic heterocycles. The average molecular weight is 228 g/mol. The van der Waals surface area contributed by atoms with Gasteiger partial charge in [0.2, 0.25) is 0 Å². The molecular weight excluding hydrogens is 218 g/mol. The van der Waals surface area contributed by atoms with Gasteiger partial charge in [-0.15, -0.1) is 10.2 Å². The highest BCUT2D eigenvalue weighted by Crippen LogP contribution is 2.23. The van der Waals surface area contributed by atoms with Gasteiger partial charge in [-0.05, 0) is 25.0 Å². The molecule has 0 spiro atoms. The van der Waals surface area contributed by atoms with Crippen molar-refractivity contribution >= 4 is 23.4 Å². The molecule has 15 heavy (non-hydrogen) atoms. The zero-order valence-electron chi connectivity index (χ0n) is 7.93. The average Bonchev–Trinajstić information content (AvgIpc) is 2.67. The highest BCUT2D eigenvalue weighted by atomic mass is 35.5. The lowest BCUT2D eigenvalue weighted by Gasteiger charge is -2.21. The molecule has 5 nitrogen and oxygen atoms in total. The molecule has 1 saturated heterocycles. The van der Waals surface area contributed by atoms with Crippen LogP contribution >= 0.6 is 11.6 Å². The molecule has 0 radical (unpaired) electrons. The van der Waals surface area contributed by atoms with Gasteiger partial charge in [-0.3, -0.25) is 0 Å². The van der Waals surface area contributed by atoms with Crippen molar-refractivity contribution in [1.29, 1.82) is 0 Å². The van der Waals surface area contributed by atoms with Gasteiger partial charge in [-0.25, -0.2) is 4.79 Å². The number of nitrogens with zero attached hydrogens (tertiary/aromatic N) is 3. The molecule has 2 rings (SSSR count). The summed E-state index contributed by atoms with van der Waals surface area (Å²) >= 11 is 5.61. The van der Waals surface area contributed by atoms with Gasteiger partial charge in [0.25, 0.3) is 0 Å². The summed E-state index contributed by atoms with van der Waals surface area (Å²) in [4.78, 5) is 12.7. The third kappa shape index (κ3) is 2.02. The first-order chi connectivity index (χ1) is 7.18. The van der Waals surface area contributed by atoms with Crippen LogP contribution in [-0.2, 0) is 4.79 Å². The third-order valence-electron chi connectivity index (χ3n) is 2.45. The Hall–Kier alpha value is -1.36. The van der Waals surface area contributed by atoms with Gasteiger partial charge < -0.3 is 10.0 Å². The lowest BCUT2D eigenvalue weighted by molar-refractivity contribution is -0.138. The van der Waals surface area contributed by atoms with Crippen LogP contribution in [0.2, 0.25) is 5.15 Å². The van der Waals surface area contributed by atoms with Gasteiger partial charge in [0.15, 0.2) is 11.0 Å². The molecule has 0 aromatic carbocycles. The second kappa shape index (κ2) is 4.02. The monoisotopic (exact) mass is 227 g/mol. The highest BCUT2D eigenvalue weighted by molar-refractivity contribution is 6.29. The number of carbonyl (C=O) groups is 1. The zero-order chi connectivity index (χ0) is 10.8. The summed E-state index contributed by atoms with van der Waals surface area (Å²) in [5.74, 6) is -0.242. The van der Waals surface area contributed by atoms with Crippen molar-refractivity contribution in [2.75, 3.05) is 11.4 Å². The summed E-state index contributed by atoms with van der Waals surface area (Å²) in [6, 6.07) is 2.82. The quantitative estimate of drug-likeness (QED) is 0.822. The van der Waals surface area contributed by atoms with Crippen molar-refractivity contribution < 1.29 is 9.90 Å². The molecule has 80 valence electrons. The SMILES string of the molecule is O=C(O)C1CCCN1c1ccc(Cl)nn1. The van der Waals surface area contributed by atoms with E-state index in [0.717, 1.165) is 6.42 Å². The van der Waals surface area contributed by atoms with Crippen LogP contribution in [0.3, 0.4) is 0 Å². The Balaban J connectivity index is 2.22. The van der Waals surface area contributed by atoms with Crippen molar-refractivity contribution in [3.63, 3.8) is 0 Å². The van der Waals surface area contributed by atoms with E-state index in [0.29, 0.717) is 23.9 Å². The third-order valence-corrected chi connectivity index (χ3v) is 2.65. The Kier molecular flexibility index (Phi) is 2.73. The van der Waals surface area contributed by atoms with Gasteiger partial charge in [0, 0.05) is 6.54 Å². The minimum absolute atomic E-state index is 0.310. The van der Waals surface area contributed by atoms with E-state index in [1.54, 1.807) is 17.0 Å². The van der Waals surface area contributed by atoms with Gasteiger partial charge >= 0.3 is 5.97 Å². The molecule has 6 heteroatoms. The second-order valence-electron chi connectivity index (χ2n) is 3.40. The molecule has 0 saturated carbocycles. The maximum Gasteiger partial charge on any atom is 0.326 e. The molecule has 1 N–H and O–H groups in total. The van der Waals surface area contributed by atoms with Crippen LogP contribution in [0.1, 0.15) is 12.8 Å². The molecule has 0 amide bonds. The number of carboxylic acids is 1. The number of hydrogen-bond acceptors (Lipinski definition) is 4. The Morgan fingerprint density at radius 2 is 2.33 bits per heavy atom. The van der Waals surface area contributed by atoms with Crippen molar-refractivity contribution in [2.24, 2.45) is 0 Å². The summed E-state index contributed by atoms with van der Waals surface area (Å²) in [5.41, 5.74) is 0. The Morgan fingerprint density at radius 3 is 2.93 bits per heavy atom. The van der Waals surface area contributed by atoms with Crippen molar-refractivity contribution in [3.8, 4) is 0 Å². The first-order valence-electron chi connectivity index (χ1n) is 4.67. The highest BCUT2D eigenvalue weighted by Gasteiger charge is 2.31. The van der Waals surface area contributed by atoms with E-state index in [9.17, 15) is 4.79 Å². The summed E-state index contributed by atoms with van der Waals surface area (Å²) < 4.78 is 0. The van der Waals surface area contributed by atoms with E-state index < -0.39 is 12.0 Å². The molecule has 1 aliphatic rings. The normalized spacial score (nSPS) is 20.6. The number of aliphatic carboxylic acids is 1. The van der Waals surface area contributed by atoms with E-state index in [2.05, 4.69) is 10.2 Å². The molecule has 1 atom stereocenters. The molecule has 2 heterocycles. The van der Waals surface area contributed by atoms with Gasteiger partial charge in [-0.2, -0.15) is 0 Å². The molecular formula is C9H10ClN3O2. The van der Waals surface area contributed by atoms with E-state index in [-0.39, 0.29) is 0 Å². The van der Waals surface area contributed by atoms with E-state index in [1.165, 1.54) is 0 Å². The Labute approximate surface area is 91.7 Å². The number of rotatable bonds is 2. The smallest absolute Gasteiger partial charge is 0.326 e. The standard InChI is InChI=1S/C9H10ClN3O2/c10-7-3-4-8(12-11-7)13-5-1-2-6(13)9(14)15/h3-4,6H,1-2,5H2,(H,14,15). The van der Waals surface area contributed by atoms with Crippen LogP contribution in [0.5, 0.6) is 0 Å². The first kappa shape index (κ1) is 10.2. The van der Waals surface area contributed by atoms with Crippen molar-refractivity contribution in [3.05, 3.63) is 17.3 Å². The van der Waals surface area contributed by atoms with Crippen LogP contribution in [0.4, 0.5) is 5.82 Å². The van der Waals surface area contributed by atoms with E-state index in [4.69, 9.17) is 16.7 Å². The molecule has 0 aliphatic carbocycles. The predicted octanol–water partition coefficient (Wildman–Crippen LogP) is 1.18. The molecule has 1 unspecified atom stereocenters. The summed E-state index contributed by atoms with van der Waals surface area (Å²) in [6.45, 7) is 0.702.